The van der Waals surface area contributed by atoms with Gasteiger partial charge in [0.2, 0.25) is 5.91 Å². The molecule has 1 aromatic rings. The van der Waals surface area contributed by atoms with Crippen LogP contribution in [0.25, 0.3) is 0 Å². The van der Waals surface area contributed by atoms with Crippen LogP contribution in [0.1, 0.15) is 12.5 Å². The van der Waals surface area contributed by atoms with Crippen LogP contribution in [0.4, 0.5) is 5.69 Å². The molecule has 80 valence electrons. The van der Waals surface area contributed by atoms with Gasteiger partial charge in [0.05, 0.1) is 5.69 Å². The van der Waals surface area contributed by atoms with E-state index in [2.05, 4.69) is 21.2 Å². The second-order valence-electron chi connectivity index (χ2n) is 3.07. The number of hydrogen-bond donors (Lipinski definition) is 1. The number of amides is 1. The second kappa shape index (κ2) is 5.33. The molecule has 0 unspecified atom stereocenters. The van der Waals surface area contributed by atoms with Gasteiger partial charge in [-0.15, -0.1) is 0 Å². The fourth-order valence-corrected chi connectivity index (χ4v) is 1.79. The minimum atomic E-state index is -0.168. The molecule has 0 aromatic heterocycles. The molecule has 1 amide bonds. The number of benzene rings is 1. The van der Waals surface area contributed by atoms with Crippen LogP contribution in [-0.4, -0.2) is 5.91 Å². The van der Waals surface area contributed by atoms with E-state index < -0.39 is 0 Å². The number of rotatable bonds is 2. The van der Waals surface area contributed by atoms with Crippen molar-refractivity contribution in [2.75, 3.05) is 5.32 Å². The molecular weight excluding hydrogens is 277 g/mol. The molecule has 0 bridgehead atoms. The standard InChI is InChI=1S/C11H11BrClNO/c1-3-4-11(15)14-10-6-9(13)7(2)5-8(10)12/h3-6H,1-2H3,(H,14,15)/b4-3+. The van der Waals surface area contributed by atoms with Crippen LogP contribution in [-0.2, 0) is 4.79 Å². The molecule has 0 saturated heterocycles. The maximum atomic E-state index is 11.3. The van der Waals surface area contributed by atoms with Gasteiger partial charge in [-0.25, -0.2) is 0 Å². The lowest BCUT2D eigenvalue weighted by atomic mass is 10.2. The topological polar surface area (TPSA) is 29.1 Å². The number of halogens is 2. The zero-order chi connectivity index (χ0) is 11.4. The first-order chi connectivity index (χ1) is 7.04. The monoisotopic (exact) mass is 287 g/mol. The molecule has 0 aliphatic rings. The molecule has 0 spiro atoms. The zero-order valence-electron chi connectivity index (χ0n) is 8.47. The summed E-state index contributed by atoms with van der Waals surface area (Å²) in [5.74, 6) is -0.168. The molecule has 0 saturated carbocycles. The number of anilines is 1. The summed E-state index contributed by atoms with van der Waals surface area (Å²) in [6.07, 6.45) is 3.14. The maximum absolute atomic E-state index is 11.3. The maximum Gasteiger partial charge on any atom is 0.248 e. The molecule has 0 radical (unpaired) electrons. The highest BCUT2D eigenvalue weighted by molar-refractivity contribution is 9.10. The Balaban J connectivity index is 2.95. The highest BCUT2D eigenvalue weighted by atomic mass is 79.9. The summed E-state index contributed by atoms with van der Waals surface area (Å²) < 4.78 is 0.822. The fourth-order valence-electron chi connectivity index (χ4n) is 1.07. The number of carbonyl (C=O) groups excluding carboxylic acids is 1. The van der Waals surface area contributed by atoms with E-state index in [1.807, 2.05) is 13.0 Å². The number of aryl methyl sites for hydroxylation is 1. The lowest BCUT2D eigenvalue weighted by Gasteiger charge is -2.07. The number of carbonyl (C=O) groups is 1. The van der Waals surface area contributed by atoms with Gasteiger partial charge in [-0.3, -0.25) is 4.79 Å². The van der Waals surface area contributed by atoms with Gasteiger partial charge in [-0.2, -0.15) is 0 Å². The summed E-state index contributed by atoms with van der Waals surface area (Å²) in [5.41, 5.74) is 1.64. The molecule has 4 heteroatoms. The minimum Gasteiger partial charge on any atom is -0.321 e. The zero-order valence-corrected chi connectivity index (χ0v) is 10.8. The van der Waals surface area contributed by atoms with Crippen LogP contribution in [0, 0.1) is 6.92 Å². The largest absolute Gasteiger partial charge is 0.321 e. The average molecular weight is 289 g/mol. The van der Waals surface area contributed by atoms with Gasteiger partial charge in [0.25, 0.3) is 0 Å². The smallest absolute Gasteiger partial charge is 0.248 e. The van der Waals surface area contributed by atoms with Crippen molar-refractivity contribution < 1.29 is 4.79 Å². The second-order valence-corrected chi connectivity index (χ2v) is 4.33. The first-order valence-electron chi connectivity index (χ1n) is 4.44. The average Bonchev–Trinajstić information content (AvgIpc) is 2.14. The highest BCUT2D eigenvalue weighted by Crippen LogP contribution is 2.29. The Morgan fingerprint density at radius 1 is 1.53 bits per heavy atom. The van der Waals surface area contributed by atoms with Crippen molar-refractivity contribution in [3.63, 3.8) is 0 Å². The van der Waals surface area contributed by atoms with Crippen LogP contribution in [0.2, 0.25) is 5.02 Å². The van der Waals surface area contributed by atoms with Crippen molar-refractivity contribution in [2.45, 2.75) is 13.8 Å². The third-order valence-corrected chi connectivity index (χ3v) is 2.89. The van der Waals surface area contributed by atoms with Crippen molar-refractivity contribution in [2.24, 2.45) is 0 Å². The number of nitrogens with one attached hydrogen (secondary N) is 1. The Morgan fingerprint density at radius 2 is 2.20 bits per heavy atom. The van der Waals surface area contributed by atoms with Crippen molar-refractivity contribution >= 4 is 39.1 Å². The van der Waals surface area contributed by atoms with E-state index in [4.69, 9.17) is 11.6 Å². The van der Waals surface area contributed by atoms with Crippen LogP contribution in [0.3, 0.4) is 0 Å². The van der Waals surface area contributed by atoms with Crippen LogP contribution >= 0.6 is 27.5 Å². The molecule has 0 aliphatic carbocycles. The van der Waals surface area contributed by atoms with Crippen LogP contribution < -0.4 is 5.32 Å². The Labute approximate surface area is 102 Å². The summed E-state index contributed by atoms with van der Waals surface area (Å²) in [5, 5.41) is 3.36. The van der Waals surface area contributed by atoms with E-state index in [-0.39, 0.29) is 5.91 Å². The summed E-state index contributed by atoms with van der Waals surface area (Å²) in [6, 6.07) is 3.59. The van der Waals surface area contributed by atoms with E-state index in [1.165, 1.54) is 6.08 Å². The molecule has 1 aromatic carbocycles. The molecule has 1 N–H and O–H groups in total. The molecule has 1 rings (SSSR count). The predicted octanol–water partition coefficient (Wildman–Crippen LogP) is 3.93. The minimum absolute atomic E-state index is 0.168. The lowest BCUT2D eigenvalue weighted by molar-refractivity contribution is -0.111. The molecule has 15 heavy (non-hydrogen) atoms. The number of allylic oxidation sites excluding steroid dienone is 1. The van der Waals surface area contributed by atoms with Crippen molar-refractivity contribution in [1.82, 2.24) is 0 Å². The summed E-state index contributed by atoms with van der Waals surface area (Å²) in [7, 11) is 0. The van der Waals surface area contributed by atoms with Gasteiger partial charge in [0.1, 0.15) is 0 Å². The first-order valence-corrected chi connectivity index (χ1v) is 5.61. The van der Waals surface area contributed by atoms with E-state index in [1.54, 1.807) is 19.1 Å². The Morgan fingerprint density at radius 3 is 2.80 bits per heavy atom. The quantitative estimate of drug-likeness (QED) is 0.821. The third-order valence-electron chi connectivity index (χ3n) is 1.82. The Bertz CT molecular complexity index is 415. The summed E-state index contributed by atoms with van der Waals surface area (Å²) in [6.45, 7) is 3.70. The van der Waals surface area contributed by atoms with E-state index in [0.717, 1.165) is 10.0 Å². The summed E-state index contributed by atoms with van der Waals surface area (Å²) in [4.78, 5) is 11.3. The van der Waals surface area contributed by atoms with Gasteiger partial charge >= 0.3 is 0 Å². The van der Waals surface area contributed by atoms with Gasteiger partial charge in [-0.05, 0) is 53.5 Å². The first kappa shape index (κ1) is 12.3. The van der Waals surface area contributed by atoms with Gasteiger partial charge < -0.3 is 5.32 Å². The van der Waals surface area contributed by atoms with Gasteiger partial charge in [0, 0.05) is 9.50 Å². The van der Waals surface area contributed by atoms with Crippen LogP contribution in [0.5, 0.6) is 0 Å². The van der Waals surface area contributed by atoms with Crippen molar-refractivity contribution in [3.05, 3.63) is 39.3 Å². The molecular formula is C11H11BrClNO. The third kappa shape index (κ3) is 3.36. The SMILES string of the molecule is C/C=C/C(=O)Nc1cc(Cl)c(C)cc1Br. The normalized spacial score (nSPS) is 10.7. The molecule has 0 aliphatic heterocycles. The van der Waals surface area contributed by atoms with E-state index >= 15 is 0 Å². The van der Waals surface area contributed by atoms with Gasteiger partial charge in [0.15, 0.2) is 0 Å². The Hall–Kier alpha value is -0.800. The highest BCUT2D eigenvalue weighted by Gasteiger charge is 2.05. The number of hydrogen-bond acceptors (Lipinski definition) is 1. The molecule has 0 heterocycles. The van der Waals surface area contributed by atoms with Gasteiger partial charge in [-0.1, -0.05) is 17.7 Å². The predicted molar refractivity (Wildman–Crippen MR) is 67.3 cm³/mol. The summed E-state index contributed by atoms with van der Waals surface area (Å²) >= 11 is 9.32. The lowest BCUT2D eigenvalue weighted by Crippen LogP contribution is -2.08. The van der Waals surface area contributed by atoms with E-state index in [9.17, 15) is 4.79 Å². The molecule has 0 fully saturated rings. The van der Waals surface area contributed by atoms with E-state index in [0.29, 0.717) is 10.7 Å². The van der Waals surface area contributed by atoms with Crippen molar-refractivity contribution in [3.8, 4) is 0 Å². The Kier molecular flexibility index (Phi) is 4.36. The molecule has 2 nitrogen and oxygen atoms in total. The van der Waals surface area contributed by atoms with Crippen molar-refractivity contribution in [1.29, 1.82) is 0 Å². The van der Waals surface area contributed by atoms with Crippen LogP contribution in [0.15, 0.2) is 28.8 Å². The molecule has 0 atom stereocenters. The fraction of sp³-hybridized carbons (Fsp3) is 0.182.